The fourth-order valence-corrected chi connectivity index (χ4v) is 4.79. The number of allylic oxidation sites excluding steroid dienone is 7. The molecule has 0 radical (unpaired) electrons. The largest absolute Gasteiger partial charge is 0.165 e. The summed E-state index contributed by atoms with van der Waals surface area (Å²) >= 11 is 0. The molecule has 5 atom stereocenters. The lowest BCUT2D eigenvalue weighted by Crippen LogP contribution is -2.19. The molecule has 0 aromatic heterocycles. The van der Waals surface area contributed by atoms with Gasteiger partial charge in [-0.1, -0.05) is 44.2 Å². The van der Waals surface area contributed by atoms with Gasteiger partial charge in [0, 0.05) is 0 Å². The van der Waals surface area contributed by atoms with Gasteiger partial charge in [-0.25, -0.2) is 0 Å². The Morgan fingerprint density at radius 1 is 1.11 bits per heavy atom. The first-order valence-electron chi connectivity index (χ1n) is 6.92. The van der Waals surface area contributed by atoms with Crippen LogP contribution in [0.15, 0.2) is 46.9 Å². The quantitative estimate of drug-likeness (QED) is 0.559. The van der Waals surface area contributed by atoms with Crippen molar-refractivity contribution in [2.45, 2.75) is 20.3 Å². The number of hydrogen-bond donors (Lipinski definition) is 0. The van der Waals surface area contributed by atoms with E-state index in [1.807, 2.05) is 0 Å². The van der Waals surface area contributed by atoms with Gasteiger partial charge in [0.25, 0.3) is 0 Å². The van der Waals surface area contributed by atoms with E-state index in [0.29, 0.717) is 28.2 Å². The Kier molecular flexibility index (Phi) is 3.19. The maximum Gasteiger partial charge on any atom is -0.0101 e. The van der Waals surface area contributed by atoms with Crippen molar-refractivity contribution in [3.63, 3.8) is 0 Å². The standard InChI is InChI=1S/C17H22S/c1-12-10-14-6-4-5-7-15(14)13(2)16-8-9-18(3)11-17(12)16/h4-9,11-15H,10H2,1-3H3. The topological polar surface area (TPSA) is 0 Å². The van der Waals surface area contributed by atoms with Gasteiger partial charge in [0.15, 0.2) is 0 Å². The van der Waals surface area contributed by atoms with Crippen LogP contribution < -0.4 is 0 Å². The average Bonchev–Trinajstić information content (AvgIpc) is 2.47. The van der Waals surface area contributed by atoms with Gasteiger partial charge in [0.2, 0.25) is 0 Å². The van der Waals surface area contributed by atoms with Gasteiger partial charge in [0.1, 0.15) is 0 Å². The molecule has 1 fully saturated rings. The Bertz CT molecular complexity index is 502. The molecule has 0 aromatic rings. The molecule has 0 saturated heterocycles. The summed E-state index contributed by atoms with van der Waals surface area (Å²) in [4.78, 5) is 0. The van der Waals surface area contributed by atoms with Crippen LogP contribution in [-0.2, 0) is 0 Å². The van der Waals surface area contributed by atoms with E-state index in [0.717, 1.165) is 5.92 Å². The first kappa shape index (κ1) is 12.2. The number of rotatable bonds is 0. The van der Waals surface area contributed by atoms with Crippen molar-refractivity contribution < 1.29 is 0 Å². The smallest absolute Gasteiger partial charge is 0.0101 e. The van der Waals surface area contributed by atoms with Crippen LogP contribution >= 0.6 is 10.5 Å². The highest BCUT2D eigenvalue weighted by Gasteiger charge is 2.34. The number of hydrogen-bond acceptors (Lipinski definition) is 0. The molecule has 1 aliphatic heterocycles. The molecule has 1 heterocycles. The van der Waals surface area contributed by atoms with Crippen molar-refractivity contribution in [2.24, 2.45) is 23.7 Å². The molecule has 3 aliphatic rings. The lowest BCUT2D eigenvalue weighted by molar-refractivity contribution is 0.362. The first-order valence-corrected chi connectivity index (χ1v) is 8.68. The van der Waals surface area contributed by atoms with Crippen LogP contribution in [0.5, 0.6) is 0 Å². The Hall–Kier alpha value is -0.820. The van der Waals surface area contributed by atoms with Crippen molar-refractivity contribution in [3.05, 3.63) is 46.9 Å². The fraction of sp³-hybridized carbons (Fsp3) is 0.471. The maximum atomic E-state index is 2.52. The minimum absolute atomic E-state index is 0.338. The van der Waals surface area contributed by atoms with E-state index in [4.69, 9.17) is 0 Å². The minimum Gasteiger partial charge on any atom is -0.165 e. The van der Waals surface area contributed by atoms with E-state index in [1.165, 1.54) is 6.42 Å². The molecular weight excluding hydrogens is 236 g/mol. The molecule has 0 nitrogen and oxygen atoms in total. The summed E-state index contributed by atoms with van der Waals surface area (Å²) in [6.07, 6.45) is 15.3. The van der Waals surface area contributed by atoms with Crippen molar-refractivity contribution >= 4 is 15.9 Å². The van der Waals surface area contributed by atoms with Crippen LogP contribution in [0.25, 0.3) is 0 Å². The van der Waals surface area contributed by atoms with Gasteiger partial charge in [-0.2, -0.15) is 10.5 Å². The summed E-state index contributed by atoms with van der Waals surface area (Å²) in [6.45, 7) is 4.81. The fourth-order valence-electron chi connectivity index (χ4n) is 3.59. The third-order valence-corrected chi connectivity index (χ3v) is 5.82. The first-order chi connectivity index (χ1) is 8.66. The highest BCUT2D eigenvalue weighted by molar-refractivity contribution is 8.17. The predicted octanol–water partition coefficient (Wildman–Crippen LogP) is 4.55. The SMILES string of the molecule is CC1CC2C=CC=CC2C(C)C2=CC=S(C)C=C21. The van der Waals surface area contributed by atoms with Gasteiger partial charge < -0.3 is 0 Å². The van der Waals surface area contributed by atoms with E-state index < -0.39 is 0 Å². The van der Waals surface area contributed by atoms with E-state index in [-0.39, 0.29) is 0 Å². The van der Waals surface area contributed by atoms with E-state index in [2.05, 4.69) is 61.3 Å². The molecule has 0 N–H and O–H groups in total. The lowest BCUT2D eigenvalue weighted by Gasteiger charge is -2.28. The molecule has 1 saturated carbocycles. The molecule has 5 unspecified atom stereocenters. The molecule has 0 amide bonds. The van der Waals surface area contributed by atoms with Crippen molar-refractivity contribution in [3.8, 4) is 0 Å². The van der Waals surface area contributed by atoms with Crippen molar-refractivity contribution in [2.75, 3.05) is 6.26 Å². The van der Waals surface area contributed by atoms with Crippen LogP contribution in [0.4, 0.5) is 0 Å². The number of fused-ring (bicyclic) bond motifs is 2. The molecule has 96 valence electrons. The van der Waals surface area contributed by atoms with Crippen molar-refractivity contribution in [1.29, 1.82) is 0 Å². The summed E-state index contributed by atoms with van der Waals surface area (Å²) in [5, 5.41) is 4.89. The molecule has 2 aliphatic carbocycles. The molecule has 18 heavy (non-hydrogen) atoms. The molecule has 0 spiro atoms. The summed E-state index contributed by atoms with van der Waals surface area (Å²) in [5.41, 5.74) is 3.23. The average molecular weight is 258 g/mol. The van der Waals surface area contributed by atoms with Crippen LogP contribution in [0.3, 0.4) is 0 Å². The van der Waals surface area contributed by atoms with Crippen molar-refractivity contribution in [1.82, 2.24) is 0 Å². The molecular formula is C17H22S. The van der Waals surface area contributed by atoms with Crippen LogP contribution in [0.1, 0.15) is 20.3 Å². The van der Waals surface area contributed by atoms with E-state index >= 15 is 0 Å². The van der Waals surface area contributed by atoms with Crippen LogP contribution in [0, 0.1) is 23.7 Å². The summed E-state index contributed by atoms with van der Waals surface area (Å²) in [6, 6.07) is 0. The normalized spacial score (nSPS) is 42.1. The van der Waals surface area contributed by atoms with E-state index in [9.17, 15) is 0 Å². The second kappa shape index (κ2) is 4.70. The van der Waals surface area contributed by atoms with Gasteiger partial charge in [-0.05, 0) is 58.3 Å². The van der Waals surface area contributed by atoms with Crippen LogP contribution in [0.2, 0.25) is 0 Å². The van der Waals surface area contributed by atoms with Gasteiger partial charge >= 0.3 is 0 Å². The zero-order valence-corrected chi connectivity index (χ0v) is 12.3. The monoisotopic (exact) mass is 258 g/mol. The Morgan fingerprint density at radius 2 is 1.89 bits per heavy atom. The Morgan fingerprint density at radius 3 is 2.72 bits per heavy atom. The maximum absolute atomic E-state index is 2.52. The molecule has 1 heteroatoms. The highest BCUT2D eigenvalue weighted by Crippen LogP contribution is 2.46. The Labute approximate surface area is 113 Å². The summed E-state index contributed by atoms with van der Waals surface area (Å²) < 4.78 is 0. The van der Waals surface area contributed by atoms with Crippen LogP contribution in [-0.4, -0.2) is 11.6 Å². The second-order valence-electron chi connectivity index (χ2n) is 5.88. The molecule has 0 aromatic carbocycles. The second-order valence-corrected chi connectivity index (χ2v) is 7.60. The lowest BCUT2D eigenvalue weighted by atomic mass is 9.77. The zero-order chi connectivity index (χ0) is 12.7. The molecule has 0 bridgehead atoms. The molecule has 3 rings (SSSR count). The third-order valence-electron chi connectivity index (χ3n) is 4.63. The van der Waals surface area contributed by atoms with Gasteiger partial charge in [-0.15, -0.1) is 0 Å². The summed E-state index contributed by atoms with van der Waals surface area (Å²) in [7, 11) is 0.338. The van der Waals surface area contributed by atoms with Gasteiger partial charge in [-0.3, -0.25) is 0 Å². The summed E-state index contributed by atoms with van der Waals surface area (Å²) in [5.74, 6) is 2.78. The predicted molar refractivity (Wildman–Crippen MR) is 84.0 cm³/mol. The highest BCUT2D eigenvalue weighted by atomic mass is 32.2. The minimum atomic E-state index is 0.338. The van der Waals surface area contributed by atoms with Gasteiger partial charge in [0.05, 0.1) is 0 Å². The Balaban J connectivity index is 2.05. The zero-order valence-electron chi connectivity index (χ0n) is 11.5. The third kappa shape index (κ3) is 1.99. The van der Waals surface area contributed by atoms with E-state index in [1.54, 1.807) is 11.1 Å².